The van der Waals surface area contributed by atoms with Gasteiger partial charge in [0.1, 0.15) is 12.1 Å². The van der Waals surface area contributed by atoms with E-state index in [-0.39, 0.29) is 31.3 Å². The van der Waals surface area contributed by atoms with Gasteiger partial charge in [-0.15, -0.1) is 0 Å². The number of nitrogens with one attached hydrogen (secondary N) is 3. The van der Waals surface area contributed by atoms with Crippen LogP contribution in [-0.4, -0.2) is 82.6 Å². The largest absolute Gasteiger partial charge is 0.480 e. The molecule has 200 valence electrons. The maximum Gasteiger partial charge on any atom is 0.328 e. The number of aliphatic imine (C=N–C) groups is 1. The molecule has 0 spiro atoms. The number of rotatable bonds is 16. The van der Waals surface area contributed by atoms with Gasteiger partial charge in [-0.1, -0.05) is 13.8 Å². The summed E-state index contributed by atoms with van der Waals surface area (Å²) in [5.41, 5.74) is 21.5. The topological polar surface area (TPSA) is 278 Å². The van der Waals surface area contributed by atoms with Crippen LogP contribution in [-0.2, 0) is 24.0 Å². The lowest BCUT2D eigenvalue weighted by molar-refractivity contribution is -0.145. The average molecular weight is 503 g/mol. The molecule has 35 heavy (non-hydrogen) atoms. The molecule has 5 unspecified atom stereocenters. The third-order valence-corrected chi connectivity index (χ3v) is 4.73. The highest BCUT2D eigenvalue weighted by molar-refractivity contribution is 5.96. The minimum atomic E-state index is -1.60. The molecule has 4 amide bonds. The zero-order valence-electron chi connectivity index (χ0n) is 20.2. The number of aliphatic hydroxyl groups is 1. The normalized spacial score (nSPS) is 15.1. The standard InChI is InChI=1S/C20H38N8O7/c1-9(2)7-12(18(33)28-15(10(3)29)19(34)35)27-17(32)13(8-14(22)30)26-16(31)11(21)5-4-6-25-20(23)24/h9-13,15,29H,4-8,21H2,1-3H3,(H2,22,30)(H,26,31)(H,27,32)(H,28,33)(H,34,35)(H4,23,24,25). The van der Waals surface area contributed by atoms with Crippen LogP contribution in [0.1, 0.15) is 46.5 Å². The first-order valence-corrected chi connectivity index (χ1v) is 11.1. The summed E-state index contributed by atoms with van der Waals surface area (Å²) in [6.07, 6.45) is -1.31. The van der Waals surface area contributed by atoms with Gasteiger partial charge in [-0.05, 0) is 32.1 Å². The van der Waals surface area contributed by atoms with Crippen molar-refractivity contribution >= 4 is 35.6 Å². The number of carboxylic acids is 1. The van der Waals surface area contributed by atoms with E-state index in [1.54, 1.807) is 13.8 Å². The van der Waals surface area contributed by atoms with E-state index in [1.807, 2.05) is 0 Å². The summed E-state index contributed by atoms with van der Waals surface area (Å²) in [5.74, 6) is -5.06. The molecule has 0 bridgehead atoms. The van der Waals surface area contributed by atoms with Gasteiger partial charge in [-0.3, -0.25) is 24.2 Å². The van der Waals surface area contributed by atoms with E-state index < -0.39 is 66.3 Å². The number of carbonyl (C=O) groups is 5. The summed E-state index contributed by atoms with van der Waals surface area (Å²) >= 11 is 0. The van der Waals surface area contributed by atoms with Gasteiger partial charge < -0.3 is 49.1 Å². The van der Waals surface area contributed by atoms with E-state index in [9.17, 15) is 34.2 Å². The van der Waals surface area contributed by atoms with Crippen LogP contribution < -0.4 is 38.9 Å². The van der Waals surface area contributed by atoms with Crippen molar-refractivity contribution < 1.29 is 34.2 Å². The lowest BCUT2D eigenvalue weighted by Gasteiger charge is -2.26. The van der Waals surface area contributed by atoms with Gasteiger partial charge in [-0.2, -0.15) is 0 Å². The Bertz CT molecular complexity index is 783. The Kier molecular flexibility index (Phi) is 13.9. The number of carboxylic acid groups (broad SMARTS) is 1. The first kappa shape index (κ1) is 31.5. The Labute approximate surface area is 203 Å². The number of carbonyl (C=O) groups excluding carboxylic acids is 4. The molecule has 0 heterocycles. The van der Waals surface area contributed by atoms with E-state index in [1.165, 1.54) is 6.92 Å². The second-order valence-electron chi connectivity index (χ2n) is 8.54. The number of hydrogen-bond donors (Lipinski definition) is 9. The van der Waals surface area contributed by atoms with Crippen molar-refractivity contribution in [3.8, 4) is 0 Å². The monoisotopic (exact) mass is 502 g/mol. The third kappa shape index (κ3) is 13.1. The predicted octanol–water partition coefficient (Wildman–Crippen LogP) is -3.79. The molecule has 0 saturated carbocycles. The van der Waals surface area contributed by atoms with Crippen molar-refractivity contribution in [1.82, 2.24) is 16.0 Å². The van der Waals surface area contributed by atoms with Gasteiger partial charge in [0, 0.05) is 6.54 Å². The van der Waals surface area contributed by atoms with E-state index >= 15 is 0 Å². The molecule has 0 saturated heterocycles. The highest BCUT2D eigenvalue weighted by atomic mass is 16.4. The second-order valence-corrected chi connectivity index (χ2v) is 8.54. The highest BCUT2D eigenvalue weighted by Gasteiger charge is 2.32. The fourth-order valence-corrected chi connectivity index (χ4v) is 2.96. The van der Waals surface area contributed by atoms with Crippen molar-refractivity contribution in [1.29, 1.82) is 0 Å². The maximum atomic E-state index is 12.9. The molecule has 0 aromatic heterocycles. The van der Waals surface area contributed by atoms with E-state index in [4.69, 9.17) is 22.9 Å². The van der Waals surface area contributed by atoms with Gasteiger partial charge in [0.2, 0.25) is 23.6 Å². The van der Waals surface area contributed by atoms with Crippen LogP contribution in [0, 0.1) is 5.92 Å². The number of aliphatic hydroxyl groups excluding tert-OH is 1. The van der Waals surface area contributed by atoms with Gasteiger partial charge in [0.05, 0.1) is 18.6 Å². The molecular formula is C20H38N8O7. The molecule has 0 fully saturated rings. The zero-order valence-corrected chi connectivity index (χ0v) is 20.2. The number of primary amides is 1. The van der Waals surface area contributed by atoms with Crippen LogP contribution in [0.3, 0.4) is 0 Å². The van der Waals surface area contributed by atoms with Crippen molar-refractivity contribution in [3.63, 3.8) is 0 Å². The molecule has 0 rings (SSSR count). The Hall–Kier alpha value is -3.46. The van der Waals surface area contributed by atoms with Crippen LogP contribution in [0.2, 0.25) is 0 Å². The van der Waals surface area contributed by atoms with Gasteiger partial charge >= 0.3 is 5.97 Å². The van der Waals surface area contributed by atoms with Crippen LogP contribution in [0.4, 0.5) is 0 Å². The summed E-state index contributed by atoms with van der Waals surface area (Å²) in [5, 5.41) is 25.7. The van der Waals surface area contributed by atoms with E-state index in [2.05, 4.69) is 20.9 Å². The molecule has 5 atom stereocenters. The lowest BCUT2D eigenvalue weighted by Crippen LogP contribution is -2.59. The molecule has 0 aromatic rings. The SMILES string of the molecule is CC(C)CC(NC(=O)C(CC(N)=O)NC(=O)C(N)CCCN=C(N)N)C(=O)NC(C(=O)O)C(C)O. The van der Waals surface area contributed by atoms with Gasteiger partial charge in [-0.25, -0.2) is 4.79 Å². The number of nitrogens with two attached hydrogens (primary N) is 4. The Morgan fingerprint density at radius 3 is 1.89 bits per heavy atom. The van der Waals surface area contributed by atoms with Crippen molar-refractivity contribution in [3.05, 3.63) is 0 Å². The van der Waals surface area contributed by atoms with Crippen molar-refractivity contribution in [2.45, 2.75) is 76.7 Å². The minimum Gasteiger partial charge on any atom is -0.480 e. The van der Waals surface area contributed by atoms with Crippen LogP contribution in [0.25, 0.3) is 0 Å². The average Bonchev–Trinajstić information content (AvgIpc) is 2.72. The highest BCUT2D eigenvalue weighted by Crippen LogP contribution is 2.08. The first-order valence-electron chi connectivity index (χ1n) is 11.1. The summed E-state index contributed by atoms with van der Waals surface area (Å²) in [6.45, 7) is 4.96. The summed E-state index contributed by atoms with van der Waals surface area (Å²) < 4.78 is 0. The second kappa shape index (κ2) is 15.4. The smallest absolute Gasteiger partial charge is 0.328 e. The first-order chi connectivity index (χ1) is 16.1. The molecule has 0 aliphatic heterocycles. The molecular weight excluding hydrogens is 464 g/mol. The number of aliphatic carboxylic acids is 1. The Morgan fingerprint density at radius 1 is 0.886 bits per heavy atom. The zero-order chi connectivity index (χ0) is 27.3. The Balaban J connectivity index is 5.41. The predicted molar refractivity (Wildman–Crippen MR) is 126 cm³/mol. The van der Waals surface area contributed by atoms with E-state index in [0.717, 1.165) is 0 Å². The van der Waals surface area contributed by atoms with Crippen LogP contribution in [0.5, 0.6) is 0 Å². The molecule has 15 heteroatoms. The van der Waals surface area contributed by atoms with E-state index in [0.29, 0.717) is 6.42 Å². The minimum absolute atomic E-state index is 0.102. The quantitative estimate of drug-likeness (QED) is 0.0563. The van der Waals surface area contributed by atoms with Crippen molar-refractivity contribution in [2.24, 2.45) is 33.8 Å². The van der Waals surface area contributed by atoms with Gasteiger partial charge in [0.15, 0.2) is 12.0 Å². The number of amides is 4. The fraction of sp³-hybridized carbons (Fsp3) is 0.700. The fourth-order valence-electron chi connectivity index (χ4n) is 2.96. The number of guanidine groups is 1. The van der Waals surface area contributed by atoms with Crippen LogP contribution in [0.15, 0.2) is 4.99 Å². The summed E-state index contributed by atoms with van der Waals surface area (Å²) in [7, 11) is 0. The summed E-state index contributed by atoms with van der Waals surface area (Å²) in [4.78, 5) is 64.5. The number of nitrogens with zero attached hydrogens (tertiary/aromatic N) is 1. The molecule has 0 aliphatic carbocycles. The summed E-state index contributed by atoms with van der Waals surface area (Å²) in [6, 6.07) is -5.29. The lowest BCUT2D eigenvalue weighted by atomic mass is 10.0. The van der Waals surface area contributed by atoms with Crippen molar-refractivity contribution in [2.75, 3.05) is 6.54 Å². The number of hydrogen-bond acceptors (Lipinski definition) is 8. The molecule has 0 aliphatic rings. The molecule has 13 N–H and O–H groups in total. The Morgan fingerprint density at radius 2 is 1.43 bits per heavy atom. The van der Waals surface area contributed by atoms with Gasteiger partial charge in [0.25, 0.3) is 0 Å². The molecule has 0 aromatic carbocycles. The maximum absolute atomic E-state index is 12.9. The van der Waals surface area contributed by atoms with Crippen LogP contribution >= 0.6 is 0 Å². The molecule has 0 radical (unpaired) electrons. The molecule has 15 nitrogen and oxygen atoms in total. The third-order valence-electron chi connectivity index (χ3n) is 4.73.